The molecule has 0 aliphatic heterocycles. The molecule has 0 unspecified atom stereocenters. The Morgan fingerprint density at radius 3 is 2.54 bits per heavy atom. The van der Waals surface area contributed by atoms with Crippen LogP contribution in [0.4, 0.5) is 5.69 Å². The lowest BCUT2D eigenvalue weighted by Gasteiger charge is -2.22. The third-order valence-corrected chi connectivity index (χ3v) is 3.59. The van der Waals surface area contributed by atoms with Crippen molar-refractivity contribution in [2.75, 3.05) is 11.9 Å². The number of carbonyl (C=O) groups excluding carboxylic acids is 1. The molecule has 2 rings (SSSR count). The number of phenols is 1. The number of nitrogens with one attached hydrogen (secondary N) is 1. The molecule has 0 aliphatic rings. The molecule has 0 spiro atoms. The number of hydrogen-bond donors (Lipinski definition) is 3. The Balaban J connectivity index is 2.05. The monoisotopic (exact) mass is 329 g/mol. The summed E-state index contributed by atoms with van der Waals surface area (Å²) in [6, 6.07) is 12.0. The summed E-state index contributed by atoms with van der Waals surface area (Å²) in [5, 5.41) is 21.4. The van der Waals surface area contributed by atoms with Crippen molar-refractivity contribution in [3.05, 3.63) is 53.6 Å². The van der Waals surface area contributed by atoms with Crippen molar-refractivity contribution in [2.45, 2.75) is 32.8 Å². The van der Waals surface area contributed by atoms with E-state index in [4.69, 9.17) is 4.74 Å². The number of aromatic hydroxyl groups is 1. The predicted molar refractivity (Wildman–Crippen MR) is 93.3 cm³/mol. The highest BCUT2D eigenvalue weighted by molar-refractivity contribution is 5.92. The maximum absolute atomic E-state index is 12.1. The molecule has 0 bridgehead atoms. The summed E-state index contributed by atoms with van der Waals surface area (Å²) in [6.45, 7) is 5.83. The van der Waals surface area contributed by atoms with Gasteiger partial charge < -0.3 is 20.3 Å². The fraction of sp³-hybridized carbons (Fsp3) is 0.316. The molecule has 0 fully saturated rings. The minimum Gasteiger partial charge on any atom is -0.508 e. The van der Waals surface area contributed by atoms with Crippen LogP contribution in [0.1, 0.15) is 31.9 Å². The van der Waals surface area contributed by atoms with Gasteiger partial charge in [-0.15, -0.1) is 0 Å². The molecule has 2 aromatic carbocycles. The van der Waals surface area contributed by atoms with Crippen molar-refractivity contribution < 1.29 is 19.7 Å². The van der Waals surface area contributed by atoms with Gasteiger partial charge in [0.1, 0.15) is 11.5 Å². The van der Waals surface area contributed by atoms with Crippen LogP contribution in [0.15, 0.2) is 42.5 Å². The summed E-state index contributed by atoms with van der Waals surface area (Å²) < 4.78 is 5.67. The van der Waals surface area contributed by atoms with E-state index in [1.165, 1.54) is 12.1 Å². The summed E-state index contributed by atoms with van der Waals surface area (Å²) in [7, 11) is 0. The van der Waals surface area contributed by atoms with E-state index >= 15 is 0 Å². The van der Waals surface area contributed by atoms with Gasteiger partial charge >= 0.3 is 0 Å². The van der Waals surface area contributed by atoms with E-state index in [1.54, 1.807) is 6.07 Å². The Bertz CT molecular complexity index is 720. The van der Waals surface area contributed by atoms with E-state index in [0.29, 0.717) is 17.0 Å². The maximum Gasteiger partial charge on any atom is 0.262 e. The Kier molecular flexibility index (Phi) is 5.46. The van der Waals surface area contributed by atoms with Crippen molar-refractivity contribution in [3.8, 4) is 11.5 Å². The molecule has 5 heteroatoms. The van der Waals surface area contributed by atoms with Gasteiger partial charge in [0.25, 0.3) is 5.91 Å². The Labute approximate surface area is 141 Å². The number of carbonyl (C=O) groups is 1. The molecule has 0 aromatic heterocycles. The molecule has 2 aromatic rings. The van der Waals surface area contributed by atoms with E-state index in [1.807, 2.05) is 24.3 Å². The molecule has 24 heavy (non-hydrogen) atoms. The number of aliphatic hydroxyl groups excluding tert-OH is 1. The average Bonchev–Trinajstić information content (AvgIpc) is 2.54. The molecular formula is C19H23NO4. The molecule has 0 heterocycles. The van der Waals surface area contributed by atoms with Crippen LogP contribution in [0, 0.1) is 0 Å². The first kappa shape index (κ1) is 17.8. The minimum absolute atomic E-state index is 0.0346. The van der Waals surface area contributed by atoms with Gasteiger partial charge in [-0.25, -0.2) is 0 Å². The number of para-hydroxylation sites is 1. The van der Waals surface area contributed by atoms with Crippen LogP contribution in [-0.2, 0) is 16.8 Å². The van der Waals surface area contributed by atoms with Gasteiger partial charge in [-0.1, -0.05) is 39.0 Å². The second kappa shape index (κ2) is 7.36. The quantitative estimate of drug-likeness (QED) is 0.736. The van der Waals surface area contributed by atoms with Gasteiger partial charge in [-0.3, -0.25) is 4.79 Å². The van der Waals surface area contributed by atoms with Crippen LogP contribution in [0.25, 0.3) is 0 Å². The average molecular weight is 329 g/mol. The highest BCUT2D eigenvalue weighted by Crippen LogP contribution is 2.31. The summed E-state index contributed by atoms with van der Waals surface area (Å²) in [5.41, 5.74) is 1.83. The highest BCUT2D eigenvalue weighted by atomic mass is 16.5. The molecule has 0 saturated heterocycles. The van der Waals surface area contributed by atoms with Gasteiger partial charge in [0.05, 0.1) is 6.61 Å². The largest absolute Gasteiger partial charge is 0.508 e. The molecule has 1 amide bonds. The Morgan fingerprint density at radius 2 is 1.88 bits per heavy atom. The van der Waals surface area contributed by atoms with Gasteiger partial charge in [0.15, 0.2) is 6.61 Å². The first-order valence-corrected chi connectivity index (χ1v) is 7.76. The summed E-state index contributed by atoms with van der Waals surface area (Å²) >= 11 is 0. The van der Waals surface area contributed by atoms with Crippen molar-refractivity contribution >= 4 is 11.6 Å². The number of ether oxygens (including phenoxy) is 1. The zero-order valence-electron chi connectivity index (χ0n) is 14.2. The molecule has 5 nitrogen and oxygen atoms in total. The lowest BCUT2D eigenvalue weighted by atomic mass is 9.86. The van der Waals surface area contributed by atoms with Crippen molar-refractivity contribution in [2.24, 2.45) is 0 Å². The summed E-state index contributed by atoms with van der Waals surface area (Å²) in [6.07, 6.45) is 0. The zero-order chi connectivity index (χ0) is 17.7. The van der Waals surface area contributed by atoms with Gasteiger partial charge in [-0.05, 0) is 35.2 Å². The number of amides is 1. The lowest BCUT2D eigenvalue weighted by Crippen LogP contribution is -2.22. The third kappa shape index (κ3) is 4.49. The van der Waals surface area contributed by atoms with Crippen LogP contribution in [0.5, 0.6) is 11.5 Å². The number of hydrogen-bond acceptors (Lipinski definition) is 4. The Morgan fingerprint density at radius 1 is 1.17 bits per heavy atom. The molecule has 3 N–H and O–H groups in total. The second-order valence-corrected chi connectivity index (χ2v) is 6.58. The minimum atomic E-state index is -0.334. The van der Waals surface area contributed by atoms with E-state index in [0.717, 1.165) is 5.56 Å². The second-order valence-electron chi connectivity index (χ2n) is 6.58. The van der Waals surface area contributed by atoms with Crippen molar-refractivity contribution in [3.63, 3.8) is 0 Å². The normalized spacial score (nSPS) is 11.2. The molecule has 128 valence electrons. The van der Waals surface area contributed by atoms with Crippen molar-refractivity contribution in [1.82, 2.24) is 0 Å². The number of rotatable bonds is 5. The maximum atomic E-state index is 12.1. The lowest BCUT2D eigenvalue weighted by molar-refractivity contribution is -0.118. The summed E-state index contributed by atoms with van der Waals surface area (Å²) in [4.78, 5) is 12.1. The number of anilines is 1. The topological polar surface area (TPSA) is 78.8 Å². The van der Waals surface area contributed by atoms with Crippen LogP contribution < -0.4 is 10.1 Å². The molecule has 0 radical (unpaired) electrons. The SMILES string of the molecule is CC(C)(C)c1ccccc1OCC(=O)Nc1ccc(O)cc1CO. The van der Waals surface area contributed by atoms with Crippen molar-refractivity contribution in [1.29, 1.82) is 0 Å². The van der Waals surface area contributed by atoms with Crippen LogP contribution in [0.2, 0.25) is 0 Å². The van der Waals surface area contributed by atoms with Crippen LogP contribution in [0.3, 0.4) is 0 Å². The standard InChI is InChI=1S/C19H23NO4/c1-19(2,3)15-6-4-5-7-17(15)24-12-18(23)20-16-9-8-14(22)10-13(16)11-21/h4-10,21-22H,11-12H2,1-3H3,(H,20,23). The predicted octanol–water partition coefficient (Wildman–Crippen LogP) is 3.20. The fourth-order valence-electron chi connectivity index (χ4n) is 2.37. The van der Waals surface area contributed by atoms with Gasteiger partial charge in [-0.2, -0.15) is 0 Å². The first-order valence-electron chi connectivity index (χ1n) is 7.76. The smallest absolute Gasteiger partial charge is 0.262 e. The van der Waals surface area contributed by atoms with E-state index in [9.17, 15) is 15.0 Å². The highest BCUT2D eigenvalue weighted by Gasteiger charge is 2.19. The fourth-order valence-corrected chi connectivity index (χ4v) is 2.37. The first-order chi connectivity index (χ1) is 11.3. The van der Waals surface area contributed by atoms with E-state index < -0.39 is 0 Å². The number of benzene rings is 2. The molecule has 0 aliphatic carbocycles. The Hall–Kier alpha value is -2.53. The molecular weight excluding hydrogens is 306 g/mol. The summed E-state index contributed by atoms with van der Waals surface area (Å²) in [5.74, 6) is 0.375. The van der Waals surface area contributed by atoms with Gasteiger partial charge in [0.2, 0.25) is 0 Å². The molecule has 0 saturated carbocycles. The zero-order valence-corrected chi connectivity index (χ0v) is 14.2. The van der Waals surface area contributed by atoms with Crippen LogP contribution in [-0.4, -0.2) is 22.7 Å². The van der Waals surface area contributed by atoms with Gasteiger partial charge in [0, 0.05) is 11.3 Å². The molecule has 0 atom stereocenters. The number of phenolic OH excluding ortho intramolecular Hbond substituents is 1. The van der Waals surface area contributed by atoms with Crippen LogP contribution >= 0.6 is 0 Å². The van der Waals surface area contributed by atoms with E-state index in [2.05, 4.69) is 26.1 Å². The van der Waals surface area contributed by atoms with E-state index in [-0.39, 0.29) is 30.3 Å². The third-order valence-electron chi connectivity index (χ3n) is 3.59. The number of aliphatic hydroxyl groups is 1.